The normalized spacial score (nSPS) is 10.3. The Balaban J connectivity index is 2.71. The second-order valence-corrected chi connectivity index (χ2v) is 3.24. The topological polar surface area (TPSA) is 50.7 Å². The van der Waals surface area contributed by atoms with Gasteiger partial charge < -0.3 is 4.74 Å². The fraction of sp³-hybridized carbons (Fsp3) is 0.200. The zero-order chi connectivity index (χ0) is 11.3. The standard InChI is InChI=1S/C10H11ClN2O2/c1-7(14)6-12-13-8-3-4-10(15-2)9(11)5-8/h3-6,13H,1-2H3/b12-6+. The van der Waals surface area contributed by atoms with Gasteiger partial charge in [0.2, 0.25) is 0 Å². The van der Waals surface area contributed by atoms with Crippen LogP contribution in [-0.2, 0) is 4.79 Å². The number of rotatable bonds is 4. The molecule has 0 atom stereocenters. The van der Waals surface area contributed by atoms with Gasteiger partial charge in [-0.1, -0.05) is 11.6 Å². The van der Waals surface area contributed by atoms with Crippen LogP contribution in [0.25, 0.3) is 0 Å². The predicted molar refractivity (Wildman–Crippen MR) is 60.8 cm³/mol. The van der Waals surface area contributed by atoms with Gasteiger partial charge in [0.1, 0.15) is 5.75 Å². The van der Waals surface area contributed by atoms with Gasteiger partial charge in [0.15, 0.2) is 5.78 Å². The number of nitrogens with zero attached hydrogens (tertiary/aromatic N) is 1. The molecule has 1 aromatic carbocycles. The van der Waals surface area contributed by atoms with Crippen LogP contribution in [0.2, 0.25) is 5.02 Å². The molecular weight excluding hydrogens is 216 g/mol. The van der Waals surface area contributed by atoms with Gasteiger partial charge in [0.25, 0.3) is 0 Å². The van der Waals surface area contributed by atoms with Crippen molar-refractivity contribution in [2.45, 2.75) is 6.92 Å². The molecule has 0 saturated carbocycles. The van der Waals surface area contributed by atoms with Gasteiger partial charge in [-0.2, -0.15) is 5.10 Å². The lowest BCUT2D eigenvalue weighted by atomic mass is 10.3. The molecular formula is C10H11ClN2O2. The minimum absolute atomic E-state index is 0.123. The van der Waals surface area contributed by atoms with Crippen molar-refractivity contribution in [2.75, 3.05) is 12.5 Å². The highest BCUT2D eigenvalue weighted by Crippen LogP contribution is 2.26. The molecule has 0 spiro atoms. The van der Waals surface area contributed by atoms with Crippen LogP contribution in [0.15, 0.2) is 23.3 Å². The lowest BCUT2D eigenvalue weighted by Gasteiger charge is -2.04. The van der Waals surface area contributed by atoms with Crippen molar-refractivity contribution in [1.82, 2.24) is 0 Å². The van der Waals surface area contributed by atoms with Crippen LogP contribution in [0.1, 0.15) is 6.92 Å². The van der Waals surface area contributed by atoms with Crippen molar-refractivity contribution in [3.8, 4) is 5.75 Å². The Morgan fingerprint density at radius 1 is 1.60 bits per heavy atom. The maximum atomic E-state index is 10.6. The summed E-state index contributed by atoms with van der Waals surface area (Å²) in [5.41, 5.74) is 3.37. The highest BCUT2D eigenvalue weighted by molar-refractivity contribution is 6.32. The van der Waals surface area contributed by atoms with Crippen LogP contribution >= 0.6 is 11.6 Å². The number of carbonyl (C=O) groups is 1. The summed E-state index contributed by atoms with van der Waals surface area (Å²) in [6.07, 6.45) is 1.19. The third-order valence-corrected chi connectivity index (χ3v) is 1.89. The number of hydrogen-bond acceptors (Lipinski definition) is 4. The lowest BCUT2D eigenvalue weighted by molar-refractivity contribution is -0.110. The van der Waals surface area contributed by atoms with E-state index < -0.39 is 0 Å². The number of Topliss-reactive ketones (excluding diaryl/α,β-unsaturated/α-hetero) is 1. The summed E-state index contributed by atoms with van der Waals surface area (Å²) in [4.78, 5) is 10.6. The number of hydrazone groups is 1. The van der Waals surface area contributed by atoms with Crippen molar-refractivity contribution in [2.24, 2.45) is 5.10 Å². The molecule has 1 N–H and O–H groups in total. The van der Waals surface area contributed by atoms with Crippen LogP contribution in [0.3, 0.4) is 0 Å². The molecule has 80 valence electrons. The van der Waals surface area contributed by atoms with Crippen molar-refractivity contribution in [1.29, 1.82) is 0 Å². The molecule has 0 aromatic heterocycles. The minimum Gasteiger partial charge on any atom is -0.495 e. The average molecular weight is 227 g/mol. The fourth-order valence-corrected chi connectivity index (χ4v) is 1.19. The number of anilines is 1. The molecule has 0 radical (unpaired) electrons. The molecule has 0 fully saturated rings. The lowest BCUT2D eigenvalue weighted by Crippen LogP contribution is -1.95. The first-order valence-corrected chi connectivity index (χ1v) is 4.64. The van der Waals surface area contributed by atoms with Gasteiger partial charge in [0.05, 0.1) is 24.0 Å². The zero-order valence-electron chi connectivity index (χ0n) is 8.45. The molecule has 0 aliphatic heterocycles. The van der Waals surface area contributed by atoms with Gasteiger partial charge in [0, 0.05) is 6.92 Å². The van der Waals surface area contributed by atoms with Gasteiger partial charge in [-0.05, 0) is 18.2 Å². The maximum Gasteiger partial charge on any atom is 0.172 e. The zero-order valence-corrected chi connectivity index (χ0v) is 9.21. The largest absolute Gasteiger partial charge is 0.495 e. The average Bonchev–Trinajstić information content (AvgIpc) is 2.17. The number of nitrogens with one attached hydrogen (secondary N) is 1. The van der Waals surface area contributed by atoms with Crippen LogP contribution in [0.4, 0.5) is 5.69 Å². The molecule has 1 aromatic rings. The molecule has 15 heavy (non-hydrogen) atoms. The molecule has 0 bridgehead atoms. The number of halogens is 1. The predicted octanol–water partition coefficient (Wildman–Crippen LogP) is 2.34. The number of ether oxygens (including phenoxy) is 1. The summed E-state index contributed by atoms with van der Waals surface area (Å²) in [6.45, 7) is 1.42. The molecule has 0 aliphatic carbocycles. The third kappa shape index (κ3) is 3.59. The highest BCUT2D eigenvalue weighted by atomic mass is 35.5. The summed E-state index contributed by atoms with van der Waals surface area (Å²) in [5.74, 6) is 0.472. The van der Waals surface area contributed by atoms with E-state index >= 15 is 0 Å². The molecule has 0 aliphatic rings. The molecule has 5 heteroatoms. The van der Waals surface area contributed by atoms with Crippen molar-refractivity contribution >= 4 is 29.3 Å². The second-order valence-electron chi connectivity index (χ2n) is 2.83. The van der Waals surface area contributed by atoms with E-state index in [1.807, 2.05) is 0 Å². The van der Waals surface area contributed by atoms with Crippen LogP contribution in [0, 0.1) is 0 Å². The number of hydrogen-bond donors (Lipinski definition) is 1. The molecule has 0 saturated heterocycles. The van der Waals surface area contributed by atoms with Gasteiger partial charge in [-0.15, -0.1) is 0 Å². The Kier molecular flexibility index (Phi) is 4.12. The van der Waals surface area contributed by atoms with E-state index in [1.54, 1.807) is 25.3 Å². The number of ketones is 1. The highest BCUT2D eigenvalue weighted by Gasteiger charge is 2.00. The molecule has 4 nitrogen and oxygen atoms in total. The molecule has 0 unspecified atom stereocenters. The summed E-state index contributed by atoms with van der Waals surface area (Å²) < 4.78 is 4.99. The van der Waals surface area contributed by atoms with E-state index in [2.05, 4.69) is 10.5 Å². The van der Waals surface area contributed by atoms with Crippen molar-refractivity contribution in [3.63, 3.8) is 0 Å². The van der Waals surface area contributed by atoms with E-state index in [9.17, 15) is 4.79 Å². The molecule has 0 amide bonds. The Bertz CT molecular complexity index is 391. The van der Waals surface area contributed by atoms with E-state index in [4.69, 9.17) is 16.3 Å². The first kappa shape index (κ1) is 11.5. The summed E-state index contributed by atoms with van der Waals surface area (Å²) in [7, 11) is 1.54. The maximum absolute atomic E-state index is 10.6. The van der Waals surface area contributed by atoms with Crippen molar-refractivity contribution in [3.05, 3.63) is 23.2 Å². The van der Waals surface area contributed by atoms with Crippen LogP contribution in [-0.4, -0.2) is 19.1 Å². The molecule has 1 rings (SSSR count). The van der Waals surface area contributed by atoms with E-state index in [0.29, 0.717) is 16.5 Å². The second kappa shape index (κ2) is 5.36. The third-order valence-electron chi connectivity index (χ3n) is 1.59. The quantitative estimate of drug-likeness (QED) is 0.633. The number of benzene rings is 1. The van der Waals surface area contributed by atoms with Crippen LogP contribution in [0.5, 0.6) is 5.75 Å². The van der Waals surface area contributed by atoms with E-state index in [1.165, 1.54) is 13.1 Å². The monoisotopic (exact) mass is 226 g/mol. The Morgan fingerprint density at radius 3 is 2.87 bits per heavy atom. The molecule has 0 heterocycles. The smallest absolute Gasteiger partial charge is 0.172 e. The Hall–Kier alpha value is -1.55. The summed E-state index contributed by atoms with van der Waals surface area (Å²) >= 11 is 5.89. The van der Waals surface area contributed by atoms with Crippen molar-refractivity contribution < 1.29 is 9.53 Å². The Morgan fingerprint density at radius 2 is 2.33 bits per heavy atom. The van der Waals surface area contributed by atoms with Gasteiger partial charge in [-0.25, -0.2) is 0 Å². The number of methoxy groups -OCH3 is 1. The first-order valence-electron chi connectivity index (χ1n) is 4.26. The number of carbonyl (C=O) groups excluding carboxylic acids is 1. The van der Waals surface area contributed by atoms with E-state index in [-0.39, 0.29) is 5.78 Å². The first-order chi connectivity index (χ1) is 7.13. The summed E-state index contributed by atoms with van der Waals surface area (Å²) in [6, 6.07) is 5.13. The fourth-order valence-electron chi connectivity index (χ4n) is 0.934. The Labute approximate surface area is 92.9 Å². The van der Waals surface area contributed by atoms with Gasteiger partial charge in [-0.3, -0.25) is 10.2 Å². The van der Waals surface area contributed by atoms with Crippen LogP contribution < -0.4 is 10.2 Å². The minimum atomic E-state index is -0.123. The van der Waals surface area contributed by atoms with E-state index in [0.717, 1.165) is 0 Å². The SMILES string of the molecule is COc1ccc(N/N=C/C(C)=O)cc1Cl. The summed E-state index contributed by atoms with van der Waals surface area (Å²) in [5, 5.41) is 4.20. The van der Waals surface area contributed by atoms with Gasteiger partial charge >= 0.3 is 0 Å².